The van der Waals surface area contributed by atoms with Crippen LogP contribution in [0, 0.1) is 11.6 Å². The summed E-state index contributed by atoms with van der Waals surface area (Å²) in [6.45, 7) is 7.55. The fraction of sp³-hybridized carbons (Fsp3) is 0.533. The minimum Gasteiger partial charge on any atom is -0.473 e. The smallest absolute Gasteiger partial charge is 0.346 e. The van der Waals surface area contributed by atoms with Crippen LogP contribution in [0.1, 0.15) is 33.3 Å². The van der Waals surface area contributed by atoms with Crippen LogP contribution < -0.4 is 10.1 Å². The van der Waals surface area contributed by atoms with E-state index >= 15 is 0 Å². The van der Waals surface area contributed by atoms with Crippen molar-refractivity contribution >= 4 is 5.97 Å². The largest absolute Gasteiger partial charge is 0.473 e. The van der Waals surface area contributed by atoms with Crippen LogP contribution in [0.25, 0.3) is 0 Å². The maximum absolute atomic E-state index is 13.9. The van der Waals surface area contributed by atoms with Crippen LogP contribution in [-0.2, 0) is 16.1 Å². The number of benzene rings is 1. The molecule has 1 aromatic rings. The van der Waals surface area contributed by atoms with E-state index < -0.39 is 29.5 Å². The highest BCUT2D eigenvalue weighted by Gasteiger charge is 2.21. The Bertz CT molecular complexity index is 489. The van der Waals surface area contributed by atoms with Gasteiger partial charge in [-0.3, -0.25) is 0 Å². The average molecular weight is 301 g/mol. The summed E-state index contributed by atoms with van der Waals surface area (Å²) in [5.41, 5.74) is 0.291. The van der Waals surface area contributed by atoms with Crippen molar-refractivity contribution in [1.82, 2.24) is 5.32 Å². The summed E-state index contributed by atoms with van der Waals surface area (Å²) in [5.74, 6) is -2.98. The molecule has 1 rings (SSSR count). The number of carbonyl (C=O) groups is 1. The molecule has 4 nitrogen and oxygen atoms in total. The van der Waals surface area contributed by atoms with Gasteiger partial charge in [0.1, 0.15) is 0 Å². The van der Waals surface area contributed by atoms with Gasteiger partial charge < -0.3 is 14.8 Å². The third-order valence-electron chi connectivity index (χ3n) is 2.71. The molecule has 0 fully saturated rings. The molecule has 0 aliphatic heterocycles. The quantitative estimate of drug-likeness (QED) is 0.850. The summed E-state index contributed by atoms with van der Waals surface area (Å²) in [6, 6.07) is 2.36. The van der Waals surface area contributed by atoms with Crippen LogP contribution in [0.5, 0.6) is 5.75 Å². The summed E-state index contributed by atoms with van der Waals surface area (Å²) in [7, 11) is 1.18. The zero-order chi connectivity index (χ0) is 16.2. The Morgan fingerprint density at radius 3 is 2.24 bits per heavy atom. The predicted molar refractivity (Wildman–Crippen MR) is 75.1 cm³/mol. The monoisotopic (exact) mass is 301 g/mol. The Labute approximate surface area is 123 Å². The molecule has 0 aliphatic rings. The van der Waals surface area contributed by atoms with Gasteiger partial charge in [0, 0.05) is 12.1 Å². The van der Waals surface area contributed by atoms with Crippen molar-refractivity contribution in [2.24, 2.45) is 0 Å². The third-order valence-corrected chi connectivity index (χ3v) is 2.71. The highest BCUT2D eigenvalue weighted by atomic mass is 19.1. The van der Waals surface area contributed by atoms with Crippen molar-refractivity contribution in [3.63, 3.8) is 0 Å². The van der Waals surface area contributed by atoms with Gasteiger partial charge in [0.05, 0.1) is 7.11 Å². The van der Waals surface area contributed by atoms with Gasteiger partial charge in [0.15, 0.2) is 23.5 Å². The van der Waals surface area contributed by atoms with E-state index in [0.29, 0.717) is 12.1 Å². The molecular weight excluding hydrogens is 280 g/mol. The molecule has 0 radical (unpaired) electrons. The van der Waals surface area contributed by atoms with E-state index in [2.05, 4.69) is 10.1 Å². The second-order valence-corrected chi connectivity index (χ2v) is 5.78. The van der Waals surface area contributed by atoms with Gasteiger partial charge in [-0.25, -0.2) is 13.6 Å². The van der Waals surface area contributed by atoms with Gasteiger partial charge in [-0.2, -0.15) is 0 Å². The molecule has 0 amide bonds. The van der Waals surface area contributed by atoms with E-state index in [0.717, 1.165) is 0 Å². The first-order valence-electron chi connectivity index (χ1n) is 6.61. The lowest BCUT2D eigenvalue weighted by Gasteiger charge is -2.21. The zero-order valence-corrected chi connectivity index (χ0v) is 12.9. The van der Waals surface area contributed by atoms with Crippen LogP contribution in [-0.4, -0.2) is 24.7 Å². The standard InChI is InChI=1S/C15H21F2NO3/c1-9(14(19)20-5)21-13-11(16)6-10(7-12(13)17)8-18-15(2,3)4/h6-7,9,18H,8H2,1-5H3. The van der Waals surface area contributed by atoms with Crippen molar-refractivity contribution in [3.05, 3.63) is 29.3 Å². The number of hydrogen-bond acceptors (Lipinski definition) is 4. The molecule has 6 heteroatoms. The number of hydrogen-bond donors (Lipinski definition) is 1. The fourth-order valence-corrected chi connectivity index (χ4v) is 1.59. The van der Waals surface area contributed by atoms with Crippen molar-refractivity contribution in [2.45, 2.75) is 45.9 Å². The number of nitrogens with one attached hydrogen (secondary N) is 1. The first kappa shape index (κ1) is 17.4. The molecule has 21 heavy (non-hydrogen) atoms. The van der Waals surface area contributed by atoms with Crippen LogP contribution >= 0.6 is 0 Å². The molecule has 0 aliphatic carbocycles. The van der Waals surface area contributed by atoms with Crippen molar-refractivity contribution in [2.75, 3.05) is 7.11 Å². The van der Waals surface area contributed by atoms with Gasteiger partial charge >= 0.3 is 5.97 Å². The SMILES string of the molecule is COC(=O)C(C)Oc1c(F)cc(CNC(C)(C)C)cc1F. The number of esters is 1. The van der Waals surface area contributed by atoms with Crippen LogP contribution in [0.15, 0.2) is 12.1 Å². The van der Waals surface area contributed by atoms with Crippen molar-refractivity contribution < 1.29 is 23.0 Å². The predicted octanol–water partition coefficient (Wildman–Crippen LogP) is 2.79. The molecule has 1 N–H and O–H groups in total. The first-order chi connectivity index (χ1) is 9.64. The minimum absolute atomic E-state index is 0.165. The zero-order valence-electron chi connectivity index (χ0n) is 12.9. The molecule has 0 saturated heterocycles. The summed E-state index contributed by atoms with van der Waals surface area (Å²) in [4.78, 5) is 11.2. The Kier molecular flexibility index (Phi) is 5.66. The lowest BCUT2D eigenvalue weighted by atomic mass is 10.1. The highest BCUT2D eigenvalue weighted by molar-refractivity contribution is 5.74. The Morgan fingerprint density at radius 1 is 1.29 bits per heavy atom. The van der Waals surface area contributed by atoms with E-state index in [1.165, 1.54) is 26.2 Å². The average Bonchev–Trinajstić information content (AvgIpc) is 2.38. The molecule has 0 spiro atoms. The molecule has 1 unspecified atom stereocenters. The van der Waals surface area contributed by atoms with Gasteiger partial charge in [0.2, 0.25) is 0 Å². The molecular formula is C15H21F2NO3. The molecule has 1 atom stereocenters. The van der Waals surface area contributed by atoms with Crippen molar-refractivity contribution in [3.8, 4) is 5.75 Å². The number of rotatable bonds is 5. The van der Waals surface area contributed by atoms with E-state index in [1.54, 1.807) is 0 Å². The van der Waals surface area contributed by atoms with Gasteiger partial charge in [-0.05, 0) is 45.4 Å². The molecule has 0 bridgehead atoms. The molecule has 0 saturated carbocycles. The number of carbonyl (C=O) groups excluding carboxylic acids is 1. The van der Waals surface area contributed by atoms with Gasteiger partial charge in [-0.1, -0.05) is 0 Å². The Morgan fingerprint density at radius 2 is 1.81 bits per heavy atom. The molecule has 1 aromatic carbocycles. The van der Waals surface area contributed by atoms with Crippen molar-refractivity contribution in [1.29, 1.82) is 0 Å². The molecule has 0 aromatic heterocycles. The van der Waals surface area contributed by atoms with E-state index in [1.807, 2.05) is 20.8 Å². The summed E-state index contributed by atoms with van der Waals surface area (Å²) in [6.07, 6.45) is -1.09. The van der Waals surface area contributed by atoms with E-state index in [4.69, 9.17) is 4.74 Å². The third kappa shape index (κ3) is 5.30. The second-order valence-electron chi connectivity index (χ2n) is 5.78. The lowest BCUT2D eigenvalue weighted by Crippen LogP contribution is -2.35. The van der Waals surface area contributed by atoms with Crippen LogP contribution in [0.2, 0.25) is 0 Å². The summed E-state index contributed by atoms with van der Waals surface area (Å²) < 4.78 is 37.3. The minimum atomic E-state index is -1.09. The topological polar surface area (TPSA) is 47.6 Å². The summed E-state index contributed by atoms with van der Waals surface area (Å²) in [5, 5.41) is 3.13. The lowest BCUT2D eigenvalue weighted by molar-refractivity contribution is -0.148. The summed E-state index contributed by atoms with van der Waals surface area (Å²) >= 11 is 0. The van der Waals surface area contributed by atoms with Gasteiger partial charge in [-0.15, -0.1) is 0 Å². The maximum Gasteiger partial charge on any atom is 0.346 e. The number of ether oxygens (including phenoxy) is 2. The van der Waals surface area contributed by atoms with Crippen LogP contribution in [0.4, 0.5) is 8.78 Å². The molecule has 0 heterocycles. The highest BCUT2D eigenvalue weighted by Crippen LogP contribution is 2.25. The first-order valence-corrected chi connectivity index (χ1v) is 6.61. The Hall–Kier alpha value is -1.69. The Balaban J connectivity index is 2.87. The second kappa shape index (κ2) is 6.85. The fourth-order valence-electron chi connectivity index (χ4n) is 1.59. The number of halogens is 2. The molecule has 118 valence electrons. The van der Waals surface area contributed by atoms with Gasteiger partial charge in [0.25, 0.3) is 0 Å². The normalized spacial score (nSPS) is 12.9. The van der Waals surface area contributed by atoms with E-state index in [9.17, 15) is 13.6 Å². The maximum atomic E-state index is 13.9. The van der Waals surface area contributed by atoms with E-state index in [-0.39, 0.29) is 5.54 Å². The number of methoxy groups -OCH3 is 1. The van der Waals surface area contributed by atoms with Crippen LogP contribution in [0.3, 0.4) is 0 Å².